The fourth-order valence-corrected chi connectivity index (χ4v) is 3.89. The number of aromatic nitrogens is 3. The largest absolute Gasteiger partial charge is 0.399 e. The molecule has 5 rings (SSSR count). The highest BCUT2D eigenvalue weighted by molar-refractivity contribution is 5.82. The van der Waals surface area contributed by atoms with Crippen LogP contribution in [0, 0.1) is 0 Å². The average Bonchev–Trinajstić information content (AvgIpc) is 2.80. The van der Waals surface area contributed by atoms with E-state index in [0.717, 1.165) is 66.4 Å². The molecule has 3 heterocycles. The molecule has 6 nitrogen and oxygen atoms in total. The topological polar surface area (TPSA) is 71.2 Å². The summed E-state index contributed by atoms with van der Waals surface area (Å²) in [6.45, 7) is 4.83. The van der Waals surface area contributed by atoms with Gasteiger partial charge in [-0.3, -0.25) is 14.9 Å². The van der Waals surface area contributed by atoms with E-state index in [1.807, 2.05) is 55.0 Å². The second-order valence-electron chi connectivity index (χ2n) is 7.68. The van der Waals surface area contributed by atoms with Crippen LogP contribution in [0.5, 0.6) is 0 Å². The molecule has 0 amide bonds. The molecule has 0 aliphatic carbocycles. The predicted octanol–water partition coefficient (Wildman–Crippen LogP) is 3.60. The van der Waals surface area contributed by atoms with Crippen LogP contribution in [0.2, 0.25) is 0 Å². The molecule has 150 valence electrons. The smallest absolute Gasteiger partial charge is 0.147 e. The number of piperazine rings is 1. The molecule has 1 aliphatic rings. The maximum absolute atomic E-state index is 5.82. The third-order valence-corrected chi connectivity index (χ3v) is 5.60. The Morgan fingerprint density at radius 1 is 0.833 bits per heavy atom. The van der Waals surface area contributed by atoms with Gasteiger partial charge in [0.25, 0.3) is 0 Å². The second kappa shape index (κ2) is 8.08. The van der Waals surface area contributed by atoms with Crippen LogP contribution in [0.1, 0.15) is 5.56 Å². The molecule has 1 saturated heterocycles. The number of nitrogen functional groups attached to an aromatic ring is 1. The standard InChI is InChI=1S/C24H24N6/c25-21-6-3-19(4-7-21)20-5-8-22-23(14-20)28-24(16-27-22)30-12-10-29(11-13-30)17-18-2-1-9-26-15-18/h1-9,14-16H,10-13,17,25H2. The molecule has 4 aromatic rings. The van der Waals surface area contributed by atoms with Gasteiger partial charge in [0, 0.05) is 50.8 Å². The maximum Gasteiger partial charge on any atom is 0.147 e. The maximum atomic E-state index is 5.82. The molecule has 2 N–H and O–H groups in total. The second-order valence-corrected chi connectivity index (χ2v) is 7.68. The van der Waals surface area contributed by atoms with Crippen LogP contribution in [-0.2, 0) is 6.54 Å². The molecule has 1 fully saturated rings. The Balaban J connectivity index is 1.32. The van der Waals surface area contributed by atoms with Crippen molar-refractivity contribution in [2.24, 2.45) is 0 Å². The number of nitrogens with zero attached hydrogens (tertiary/aromatic N) is 5. The molecule has 0 saturated carbocycles. The minimum absolute atomic E-state index is 0.768. The van der Waals surface area contributed by atoms with Gasteiger partial charge in [-0.05, 0) is 47.0 Å². The van der Waals surface area contributed by atoms with Crippen LogP contribution in [0.3, 0.4) is 0 Å². The molecular weight excluding hydrogens is 372 g/mol. The zero-order valence-electron chi connectivity index (χ0n) is 16.8. The molecule has 0 atom stereocenters. The van der Waals surface area contributed by atoms with Crippen LogP contribution < -0.4 is 10.6 Å². The van der Waals surface area contributed by atoms with E-state index in [0.29, 0.717) is 0 Å². The summed E-state index contributed by atoms with van der Waals surface area (Å²) < 4.78 is 0. The normalized spacial score (nSPS) is 14.9. The van der Waals surface area contributed by atoms with Crippen molar-refractivity contribution in [2.45, 2.75) is 6.54 Å². The van der Waals surface area contributed by atoms with Crippen molar-refractivity contribution in [2.75, 3.05) is 36.8 Å². The summed E-state index contributed by atoms with van der Waals surface area (Å²) in [6.07, 6.45) is 5.65. The monoisotopic (exact) mass is 396 g/mol. The van der Waals surface area contributed by atoms with Crippen LogP contribution in [-0.4, -0.2) is 46.0 Å². The number of nitrogens with two attached hydrogens (primary N) is 1. The molecule has 2 aromatic heterocycles. The van der Waals surface area contributed by atoms with Crippen molar-refractivity contribution in [1.29, 1.82) is 0 Å². The molecule has 0 radical (unpaired) electrons. The molecule has 1 aliphatic heterocycles. The fraction of sp³-hybridized carbons (Fsp3) is 0.208. The first kappa shape index (κ1) is 18.5. The highest BCUT2D eigenvalue weighted by Gasteiger charge is 2.19. The number of pyridine rings is 1. The quantitative estimate of drug-likeness (QED) is 0.532. The van der Waals surface area contributed by atoms with Gasteiger partial charge in [0.2, 0.25) is 0 Å². The van der Waals surface area contributed by atoms with Crippen LogP contribution >= 0.6 is 0 Å². The number of hydrogen-bond donors (Lipinski definition) is 1. The molecule has 2 aromatic carbocycles. The molecule has 6 heteroatoms. The fourth-order valence-electron chi connectivity index (χ4n) is 3.89. The average molecular weight is 396 g/mol. The summed E-state index contributed by atoms with van der Waals surface area (Å²) in [5, 5.41) is 0. The number of benzene rings is 2. The van der Waals surface area contributed by atoms with Gasteiger partial charge in [-0.15, -0.1) is 0 Å². The van der Waals surface area contributed by atoms with Crippen LogP contribution in [0.15, 0.2) is 73.2 Å². The Morgan fingerprint density at radius 3 is 2.40 bits per heavy atom. The predicted molar refractivity (Wildman–Crippen MR) is 121 cm³/mol. The van der Waals surface area contributed by atoms with Gasteiger partial charge in [0.1, 0.15) is 5.82 Å². The zero-order chi connectivity index (χ0) is 20.3. The van der Waals surface area contributed by atoms with Gasteiger partial charge in [-0.1, -0.05) is 24.3 Å². The number of hydrogen-bond acceptors (Lipinski definition) is 6. The van der Waals surface area contributed by atoms with Crippen molar-refractivity contribution in [1.82, 2.24) is 19.9 Å². The van der Waals surface area contributed by atoms with Gasteiger partial charge < -0.3 is 10.6 Å². The lowest BCUT2D eigenvalue weighted by atomic mass is 10.0. The summed E-state index contributed by atoms with van der Waals surface area (Å²) >= 11 is 0. The summed E-state index contributed by atoms with van der Waals surface area (Å²) in [5.74, 6) is 0.943. The molecule has 0 bridgehead atoms. The minimum Gasteiger partial charge on any atom is -0.399 e. The Morgan fingerprint density at radius 2 is 1.63 bits per heavy atom. The first-order valence-electron chi connectivity index (χ1n) is 10.2. The Kier molecular flexibility index (Phi) is 4.99. The Labute approximate surface area is 176 Å². The Hall–Kier alpha value is -3.51. The van der Waals surface area contributed by atoms with E-state index in [1.54, 1.807) is 0 Å². The zero-order valence-corrected chi connectivity index (χ0v) is 16.8. The summed E-state index contributed by atoms with van der Waals surface area (Å²) in [7, 11) is 0. The van der Waals surface area contributed by atoms with E-state index in [1.165, 1.54) is 5.56 Å². The van der Waals surface area contributed by atoms with E-state index in [-0.39, 0.29) is 0 Å². The van der Waals surface area contributed by atoms with E-state index in [4.69, 9.17) is 10.7 Å². The van der Waals surface area contributed by atoms with Crippen molar-refractivity contribution in [3.63, 3.8) is 0 Å². The molecule has 0 spiro atoms. The van der Waals surface area contributed by atoms with Crippen molar-refractivity contribution in [3.8, 4) is 11.1 Å². The van der Waals surface area contributed by atoms with Gasteiger partial charge in [-0.2, -0.15) is 0 Å². The summed E-state index contributed by atoms with van der Waals surface area (Å²) in [6, 6.07) is 18.3. The summed E-state index contributed by atoms with van der Waals surface area (Å²) in [4.78, 5) is 18.6. The van der Waals surface area contributed by atoms with E-state index < -0.39 is 0 Å². The first-order valence-corrected chi connectivity index (χ1v) is 10.2. The van der Waals surface area contributed by atoms with Crippen molar-refractivity contribution >= 4 is 22.5 Å². The molecule has 0 unspecified atom stereocenters. The van der Waals surface area contributed by atoms with Gasteiger partial charge in [0.15, 0.2) is 0 Å². The lowest BCUT2D eigenvalue weighted by Gasteiger charge is -2.35. The van der Waals surface area contributed by atoms with Crippen molar-refractivity contribution < 1.29 is 0 Å². The van der Waals surface area contributed by atoms with E-state index in [2.05, 4.69) is 38.0 Å². The third kappa shape index (κ3) is 3.95. The van der Waals surface area contributed by atoms with E-state index >= 15 is 0 Å². The Bertz CT molecular complexity index is 1140. The number of anilines is 2. The van der Waals surface area contributed by atoms with Gasteiger partial charge in [-0.25, -0.2) is 4.98 Å². The van der Waals surface area contributed by atoms with Gasteiger partial charge >= 0.3 is 0 Å². The molecule has 30 heavy (non-hydrogen) atoms. The first-order chi connectivity index (χ1) is 14.7. The van der Waals surface area contributed by atoms with Crippen LogP contribution in [0.25, 0.3) is 22.2 Å². The lowest BCUT2D eigenvalue weighted by molar-refractivity contribution is 0.249. The molecular formula is C24H24N6. The third-order valence-electron chi connectivity index (χ3n) is 5.60. The van der Waals surface area contributed by atoms with Gasteiger partial charge in [0.05, 0.1) is 17.2 Å². The van der Waals surface area contributed by atoms with Crippen LogP contribution in [0.4, 0.5) is 11.5 Å². The SMILES string of the molecule is Nc1ccc(-c2ccc3ncc(N4CCN(Cc5cccnc5)CC4)nc3c2)cc1. The summed E-state index contributed by atoms with van der Waals surface area (Å²) in [5.41, 5.74) is 11.9. The van der Waals surface area contributed by atoms with Crippen molar-refractivity contribution in [3.05, 3.63) is 78.8 Å². The minimum atomic E-state index is 0.768. The number of fused-ring (bicyclic) bond motifs is 1. The number of rotatable bonds is 4. The highest BCUT2D eigenvalue weighted by atomic mass is 15.3. The van der Waals surface area contributed by atoms with E-state index in [9.17, 15) is 0 Å². The lowest BCUT2D eigenvalue weighted by Crippen LogP contribution is -2.46. The highest BCUT2D eigenvalue weighted by Crippen LogP contribution is 2.25.